The SMILES string of the molecule is CCOCC(C)(N)c1noc(-c2ccc(Br)cc2Br)n1. The molecule has 0 bridgehead atoms. The summed E-state index contributed by atoms with van der Waals surface area (Å²) in [5.41, 5.74) is 6.19. The van der Waals surface area contributed by atoms with Gasteiger partial charge in [0.05, 0.1) is 12.2 Å². The standard InChI is InChI=1S/C13H15Br2N3O2/c1-3-19-7-13(2,16)12-17-11(20-18-12)9-5-4-8(14)6-10(9)15/h4-6H,3,7,16H2,1-2H3. The molecule has 0 radical (unpaired) electrons. The molecular formula is C13H15Br2N3O2. The van der Waals surface area contributed by atoms with Crippen molar-refractivity contribution >= 4 is 31.9 Å². The molecule has 7 heteroatoms. The molecule has 0 saturated heterocycles. The van der Waals surface area contributed by atoms with Crippen LogP contribution < -0.4 is 5.73 Å². The first-order valence-electron chi connectivity index (χ1n) is 6.10. The Labute approximate surface area is 134 Å². The Hall–Kier alpha value is -0.760. The fourth-order valence-corrected chi connectivity index (χ4v) is 2.82. The van der Waals surface area contributed by atoms with Gasteiger partial charge in [0, 0.05) is 15.6 Å². The van der Waals surface area contributed by atoms with Crippen molar-refractivity contribution in [2.45, 2.75) is 19.4 Å². The van der Waals surface area contributed by atoms with Gasteiger partial charge in [0.25, 0.3) is 5.89 Å². The molecule has 5 nitrogen and oxygen atoms in total. The number of aromatic nitrogens is 2. The zero-order valence-electron chi connectivity index (χ0n) is 11.2. The summed E-state index contributed by atoms with van der Waals surface area (Å²) in [6, 6.07) is 5.72. The van der Waals surface area contributed by atoms with E-state index in [9.17, 15) is 0 Å². The van der Waals surface area contributed by atoms with Crippen LogP contribution in [-0.2, 0) is 10.3 Å². The molecule has 0 amide bonds. The fourth-order valence-electron chi connectivity index (χ4n) is 1.61. The molecule has 2 N–H and O–H groups in total. The Morgan fingerprint density at radius 3 is 2.80 bits per heavy atom. The summed E-state index contributed by atoms with van der Waals surface area (Å²) >= 11 is 6.87. The van der Waals surface area contributed by atoms with E-state index in [0.717, 1.165) is 14.5 Å². The predicted octanol–water partition coefficient (Wildman–Crippen LogP) is 3.47. The van der Waals surface area contributed by atoms with E-state index in [2.05, 4.69) is 42.0 Å². The van der Waals surface area contributed by atoms with Crippen LogP contribution in [0.2, 0.25) is 0 Å². The molecule has 2 aromatic rings. The van der Waals surface area contributed by atoms with Gasteiger partial charge >= 0.3 is 0 Å². The molecule has 1 aromatic heterocycles. The van der Waals surface area contributed by atoms with Crippen LogP contribution >= 0.6 is 31.9 Å². The summed E-state index contributed by atoms with van der Waals surface area (Å²) in [5, 5.41) is 3.96. The minimum atomic E-state index is -0.778. The zero-order chi connectivity index (χ0) is 14.8. The summed E-state index contributed by atoms with van der Waals surface area (Å²) in [5.74, 6) is 0.850. The molecule has 1 unspecified atom stereocenters. The molecule has 0 fully saturated rings. The van der Waals surface area contributed by atoms with Crippen molar-refractivity contribution in [2.75, 3.05) is 13.2 Å². The van der Waals surface area contributed by atoms with E-state index in [1.807, 2.05) is 32.0 Å². The van der Waals surface area contributed by atoms with E-state index in [-0.39, 0.29) is 0 Å². The maximum atomic E-state index is 6.15. The molecule has 0 aliphatic heterocycles. The first-order chi connectivity index (χ1) is 9.44. The number of hydrogen-bond donors (Lipinski definition) is 1. The summed E-state index contributed by atoms with van der Waals surface area (Å²) in [6.07, 6.45) is 0. The maximum absolute atomic E-state index is 6.15. The number of hydrogen-bond acceptors (Lipinski definition) is 5. The lowest BCUT2D eigenvalue weighted by atomic mass is 10.1. The van der Waals surface area contributed by atoms with Crippen molar-refractivity contribution in [3.8, 4) is 11.5 Å². The number of rotatable bonds is 5. The largest absolute Gasteiger partial charge is 0.379 e. The van der Waals surface area contributed by atoms with Crippen LogP contribution in [0.1, 0.15) is 19.7 Å². The highest BCUT2D eigenvalue weighted by atomic mass is 79.9. The Morgan fingerprint density at radius 2 is 2.15 bits per heavy atom. The minimum absolute atomic E-state index is 0.337. The first kappa shape index (κ1) is 15.6. The number of ether oxygens (including phenoxy) is 1. The second-order valence-electron chi connectivity index (χ2n) is 4.60. The van der Waals surface area contributed by atoms with Crippen LogP contribution in [-0.4, -0.2) is 23.4 Å². The lowest BCUT2D eigenvalue weighted by Crippen LogP contribution is -2.39. The van der Waals surface area contributed by atoms with Gasteiger partial charge in [0.1, 0.15) is 5.54 Å². The lowest BCUT2D eigenvalue weighted by molar-refractivity contribution is 0.0962. The molecule has 2 rings (SSSR count). The number of benzene rings is 1. The lowest BCUT2D eigenvalue weighted by Gasteiger charge is -2.19. The van der Waals surface area contributed by atoms with Gasteiger partial charge in [-0.2, -0.15) is 4.98 Å². The van der Waals surface area contributed by atoms with Crippen molar-refractivity contribution < 1.29 is 9.26 Å². The summed E-state index contributed by atoms with van der Waals surface area (Å²) < 4.78 is 12.5. The van der Waals surface area contributed by atoms with Gasteiger partial charge in [-0.05, 0) is 48.0 Å². The summed E-state index contributed by atoms with van der Waals surface area (Å²) in [6.45, 7) is 4.66. The van der Waals surface area contributed by atoms with Gasteiger partial charge in [0.2, 0.25) is 0 Å². The normalized spacial score (nSPS) is 14.2. The molecule has 0 spiro atoms. The summed E-state index contributed by atoms with van der Waals surface area (Å²) in [4.78, 5) is 4.37. The van der Waals surface area contributed by atoms with Crippen molar-refractivity contribution in [3.05, 3.63) is 33.0 Å². The molecule has 1 heterocycles. The van der Waals surface area contributed by atoms with Gasteiger partial charge in [0.15, 0.2) is 5.82 Å². The van der Waals surface area contributed by atoms with Gasteiger partial charge in [-0.15, -0.1) is 0 Å². The molecule has 20 heavy (non-hydrogen) atoms. The van der Waals surface area contributed by atoms with Crippen molar-refractivity contribution in [3.63, 3.8) is 0 Å². The van der Waals surface area contributed by atoms with E-state index in [1.165, 1.54) is 0 Å². The first-order valence-corrected chi connectivity index (χ1v) is 7.69. The maximum Gasteiger partial charge on any atom is 0.259 e. The van der Waals surface area contributed by atoms with Crippen molar-refractivity contribution in [1.82, 2.24) is 10.1 Å². The van der Waals surface area contributed by atoms with Crippen LogP contribution in [0.25, 0.3) is 11.5 Å². The summed E-state index contributed by atoms with van der Waals surface area (Å²) in [7, 11) is 0. The Kier molecular flexibility index (Phi) is 4.95. The second-order valence-corrected chi connectivity index (χ2v) is 6.37. The number of nitrogens with zero attached hydrogens (tertiary/aromatic N) is 2. The van der Waals surface area contributed by atoms with E-state index in [4.69, 9.17) is 15.0 Å². The fraction of sp³-hybridized carbons (Fsp3) is 0.385. The topological polar surface area (TPSA) is 74.2 Å². The van der Waals surface area contributed by atoms with Gasteiger partial charge in [-0.3, -0.25) is 0 Å². The van der Waals surface area contributed by atoms with Gasteiger partial charge < -0.3 is 15.0 Å². The van der Waals surface area contributed by atoms with Crippen molar-refractivity contribution in [2.24, 2.45) is 5.73 Å². The number of nitrogens with two attached hydrogens (primary N) is 1. The quantitative estimate of drug-likeness (QED) is 0.825. The third kappa shape index (κ3) is 3.46. The van der Waals surface area contributed by atoms with Crippen LogP contribution in [0.3, 0.4) is 0 Å². The molecule has 0 saturated carbocycles. The third-order valence-corrected chi connectivity index (χ3v) is 3.85. The zero-order valence-corrected chi connectivity index (χ0v) is 14.4. The Morgan fingerprint density at radius 1 is 1.40 bits per heavy atom. The molecule has 1 aromatic carbocycles. The predicted molar refractivity (Wildman–Crippen MR) is 83.2 cm³/mol. The van der Waals surface area contributed by atoms with Crippen LogP contribution in [0.15, 0.2) is 31.7 Å². The monoisotopic (exact) mass is 403 g/mol. The number of halogens is 2. The molecule has 1 atom stereocenters. The van der Waals surface area contributed by atoms with E-state index in [0.29, 0.717) is 24.9 Å². The van der Waals surface area contributed by atoms with E-state index in [1.54, 1.807) is 0 Å². The Bertz CT molecular complexity index is 599. The molecular weight excluding hydrogens is 390 g/mol. The average Bonchev–Trinajstić information content (AvgIpc) is 2.86. The van der Waals surface area contributed by atoms with Crippen LogP contribution in [0, 0.1) is 0 Å². The van der Waals surface area contributed by atoms with Crippen LogP contribution in [0.4, 0.5) is 0 Å². The molecule has 0 aliphatic rings. The van der Waals surface area contributed by atoms with Crippen LogP contribution in [0.5, 0.6) is 0 Å². The minimum Gasteiger partial charge on any atom is -0.379 e. The molecule has 0 aliphatic carbocycles. The highest BCUT2D eigenvalue weighted by Gasteiger charge is 2.28. The highest BCUT2D eigenvalue weighted by molar-refractivity contribution is 9.11. The average molecular weight is 405 g/mol. The van der Waals surface area contributed by atoms with Crippen molar-refractivity contribution in [1.29, 1.82) is 0 Å². The highest BCUT2D eigenvalue weighted by Crippen LogP contribution is 2.30. The van der Waals surface area contributed by atoms with Gasteiger partial charge in [-0.1, -0.05) is 21.1 Å². The second kappa shape index (κ2) is 6.34. The van der Waals surface area contributed by atoms with E-state index >= 15 is 0 Å². The van der Waals surface area contributed by atoms with Gasteiger partial charge in [-0.25, -0.2) is 0 Å². The third-order valence-electron chi connectivity index (χ3n) is 2.70. The van der Waals surface area contributed by atoms with E-state index < -0.39 is 5.54 Å². The molecule has 108 valence electrons. The Balaban J connectivity index is 2.28. The smallest absolute Gasteiger partial charge is 0.259 e.